The molecule has 10 nitrogen and oxygen atoms in total. The van der Waals surface area contributed by atoms with Crippen molar-refractivity contribution in [3.63, 3.8) is 0 Å². The van der Waals surface area contributed by atoms with Crippen LogP contribution in [-0.2, 0) is 19.5 Å². The number of benzene rings is 3. The predicted octanol–water partition coefficient (Wildman–Crippen LogP) is 6.97. The van der Waals surface area contributed by atoms with Crippen LogP contribution in [0.4, 0.5) is 5.95 Å². The summed E-state index contributed by atoms with van der Waals surface area (Å²) in [6.07, 6.45) is 0.0321. The molecule has 0 spiro atoms. The average molecular weight is 693 g/mol. The van der Waals surface area contributed by atoms with E-state index in [1.165, 1.54) is 0 Å². The summed E-state index contributed by atoms with van der Waals surface area (Å²) in [7, 11) is -2.43. The summed E-state index contributed by atoms with van der Waals surface area (Å²) in [6.45, 7) is 16.7. The third kappa shape index (κ3) is 6.58. The lowest BCUT2D eigenvalue weighted by atomic mass is 9.76. The minimum absolute atomic E-state index is 0.0572. The largest absolute Gasteiger partial charge is 0.408 e. The molecule has 1 aliphatic heterocycles. The molecule has 0 aliphatic carbocycles. The zero-order valence-corrected chi connectivity index (χ0v) is 31.1. The van der Waals surface area contributed by atoms with Crippen LogP contribution in [-0.4, -0.2) is 52.0 Å². The SMILES string of the molecule is CC(C)C(=O)Nc1nc2c(ncn2[C@@H]2O[C@@H](C)[C@@H](NC(c3ccccc3)(c3ccccc3)c3ccccc3)[C@H]2O[Si](C)(C)C(C)(C)C)c(=O)[nH]1. The van der Waals surface area contributed by atoms with E-state index in [9.17, 15) is 9.59 Å². The summed E-state index contributed by atoms with van der Waals surface area (Å²) in [5, 5.41) is 6.77. The summed E-state index contributed by atoms with van der Waals surface area (Å²) in [6, 6.07) is 31.1. The zero-order valence-electron chi connectivity index (χ0n) is 30.1. The molecule has 50 heavy (non-hydrogen) atoms. The van der Waals surface area contributed by atoms with Gasteiger partial charge in [-0.1, -0.05) is 126 Å². The molecule has 0 bridgehead atoms. The number of nitrogens with zero attached hydrogens (tertiary/aromatic N) is 3. The molecule has 1 aliphatic rings. The van der Waals surface area contributed by atoms with Crippen molar-refractivity contribution in [2.75, 3.05) is 5.32 Å². The highest BCUT2D eigenvalue weighted by molar-refractivity contribution is 6.74. The van der Waals surface area contributed by atoms with Crippen molar-refractivity contribution in [3.8, 4) is 0 Å². The molecule has 3 N–H and O–H groups in total. The van der Waals surface area contributed by atoms with Gasteiger partial charge in [-0.15, -0.1) is 0 Å². The summed E-state index contributed by atoms with van der Waals surface area (Å²) in [5.41, 5.74) is 2.44. The molecule has 3 heterocycles. The van der Waals surface area contributed by atoms with Crippen molar-refractivity contribution in [1.82, 2.24) is 24.8 Å². The van der Waals surface area contributed by atoms with Crippen molar-refractivity contribution in [3.05, 3.63) is 124 Å². The Balaban J connectivity index is 1.53. The third-order valence-corrected chi connectivity index (χ3v) is 14.7. The first-order valence-corrected chi connectivity index (χ1v) is 20.2. The number of hydrogen-bond donors (Lipinski definition) is 3. The fraction of sp³-hybridized carbons (Fsp3) is 0.385. The van der Waals surface area contributed by atoms with Crippen LogP contribution in [0, 0.1) is 5.92 Å². The molecule has 3 aromatic carbocycles. The quantitative estimate of drug-likeness (QED) is 0.107. The zero-order chi connectivity index (χ0) is 35.8. The molecule has 2 aromatic heterocycles. The highest BCUT2D eigenvalue weighted by atomic mass is 28.4. The number of aromatic nitrogens is 4. The van der Waals surface area contributed by atoms with Gasteiger partial charge >= 0.3 is 0 Å². The van der Waals surface area contributed by atoms with Gasteiger partial charge in [-0.25, -0.2) is 4.98 Å². The van der Waals surface area contributed by atoms with Crippen molar-refractivity contribution in [2.45, 2.75) is 89.7 Å². The van der Waals surface area contributed by atoms with Gasteiger partial charge in [0.25, 0.3) is 5.56 Å². The summed E-state index contributed by atoms with van der Waals surface area (Å²) < 4.78 is 16.0. The lowest BCUT2D eigenvalue weighted by Gasteiger charge is -2.44. The van der Waals surface area contributed by atoms with Crippen molar-refractivity contribution in [2.24, 2.45) is 5.92 Å². The average Bonchev–Trinajstić information content (AvgIpc) is 3.64. The maximum atomic E-state index is 13.2. The van der Waals surface area contributed by atoms with Crippen LogP contribution in [0.25, 0.3) is 11.2 Å². The van der Waals surface area contributed by atoms with Crippen LogP contribution in [0.2, 0.25) is 18.1 Å². The van der Waals surface area contributed by atoms with E-state index in [4.69, 9.17) is 9.16 Å². The van der Waals surface area contributed by atoms with Crippen LogP contribution < -0.4 is 16.2 Å². The Bertz CT molecular complexity index is 1890. The molecule has 262 valence electrons. The van der Waals surface area contributed by atoms with Gasteiger partial charge in [0.1, 0.15) is 6.10 Å². The summed E-state index contributed by atoms with van der Waals surface area (Å²) >= 11 is 0. The number of hydrogen-bond acceptors (Lipinski definition) is 7. The molecule has 4 atom stereocenters. The molecular weight excluding hydrogens is 645 g/mol. The van der Waals surface area contributed by atoms with Gasteiger partial charge in [0.2, 0.25) is 11.9 Å². The van der Waals surface area contributed by atoms with E-state index in [-0.39, 0.29) is 40.5 Å². The Morgan fingerprint density at radius 3 is 1.92 bits per heavy atom. The molecule has 0 saturated carbocycles. The Labute approximate surface area is 294 Å². The second-order valence-electron chi connectivity index (χ2n) is 15.0. The first-order valence-electron chi connectivity index (χ1n) is 17.3. The highest BCUT2D eigenvalue weighted by Crippen LogP contribution is 2.45. The number of imidazole rings is 1. The second kappa shape index (κ2) is 13.7. The standard InChI is InChI=1S/C39H48N6O4Si/c1-25(2)34(46)42-37-41-33-31(35(47)43-37)40-24-45(33)36-32(49-50(7,8)38(4,5)6)30(26(3)48-36)44-39(27-18-12-9-13-19-27,28-20-14-10-15-21-28)29-22-16-11-17-23-29/h9-26,30,32,36,44H,1-8H3,(H2,41,42,43,46,47)/t26-,30+,32+,36+/m0/s1. The van der Waals surface area contributed by atoms with Crippen LogP contribution in [0.5, 0.6) is 0 Å². The Kier molecular flexibility index (Phi) is 9.71. The van der Waals surface area contributed by atoms with Crippen molar-refractivity contribution in [1.29, 1.82) is 0 Å². The number of carbonyl (C=O) groups is 1. The van der Waals surface area contributed by atoms with E-state index in [1.807, 2.05) is 18.2 Å². The van der Waals surface area contributed by atoms with E-state index < -0.39 is 31.7 Å². The first-order chi connectivity index (χ1) is 23.7. The van der Waals surface area contributed by atoms with E-state index >= 15 is 0 Å². The second-order valence-corrected chi connectivity index (χ2v) is 19.7. The van der Waals surface area contributed by atoms with E-state index in [2.05, 4.69) is 139 Å². The number of carbonyl (C=O) groups excluding carboxylic acids is 1. The number of aromatic amines is 1. The van der Waals surface area contributed by atoms with Crippen molar-refractivity contribution >= 4 is 31.3 Å². The number of H-pyrrole nitrogens is 1. The Morgan fingerprint density at radius 2 is 1.44 bits per heavy atom. The molecule has 1 amide bonds. The van der Waals surface area contributed by atoms with Gasteiger partial charge in [-0.05, 0) is 41.7 Å². The minimum atomic E-state index is -2.43. The van der Waals surface area contributed by atoms with Crippen LogP contribution in [0.15, 0.2) is 102 Å². The van der Waals surface area contributed by atoms with Crippen LogP contribution in [0.3, 0.4) is 0 Å². The number of rotatable bonds is 10. The normalized spacial score (nSPS) is 20.0. The van der Waals surface area contributed by atoms with Gasteiger partial charge in [-0.3, -0.25) is 29.8 Å². The molecule has 1 fully saturated rings. The van der Waals surface area contributed by atoms with Crippen molar-refractivity contribution < 1.29 is 14.0 Å². The van der Waals surface area contributed by atoms with Gasteiger partial charge in [0.15, 0.2) is 25.7 Å². The molecule has 1 saturated heterocycles. The summed E-state index contributed by atoms with van der Waals surface area (Å²) in [5.74, 6) is -0.498. The van der Waals surface area contributed by atoms with Gasteiger partial charge in [0, 0.05) is 5.92 Å². The van der Waals surface area contributed by atoms with Crippen LogP contribution in [0.1, 0.15) is 64.5 Å². The van der Waals surface area contributed by atoms with E-state index in [1.54, 1.807) is 24.7 Å². The fourth-order valence-electron chi connectivity index (χ4n) is 6.40. The lowest BCUT2D eigenvalue weighted by molar-refractivity contribution is -0.118. The Hall–Kier alpha value is -4.42. The minimum Gasteiger partial charge on any atom is -0.408 e. The summed E-state index contributed by atoms with van der Waals surface area (Å²) in [4.78, 5) is 37.6. The first kappa shape index (κ1) is 35.4. The molecule has 5 aromatic rings. The fourth-order valence-corrected chi connectivity index (χ4v) is 7.69. The maximum absolute atomic E-state index is 13.2. The molecule has 6 rings (SSSR count). The monoisotopic (exact) mass is 692 g/mol. The third-order valence-electron chi connectivity index (χ3n) is 10.2. The van der Waals surface area contributed by atoms with Gasteiger partial charge < -0.3 is 9.16 Å². The number of ether oxygens (including phenoxy) is 1. The number of fused-ring (bicyclic) bond motifs is 1. The van der Waals surface area contributed by atoms with Gasteiger partial charge in [-0.2, -0.15) is 4.98 Å². The highest BCUT2D eigenvalue weighted by Gasteiger charge is 2.53. The topological polar surface area (TPSA) is 123 Å². The maximum Gasteiger partial charge on any atom is 0.280 e. The predicted molar refractivity (Wildman–Crippen MR) is 199 cm³/mol. The van der Waals surface area contributed by atoms with E-state index in [0.717, 1.165) is 16.7 Å². The lowest BCUT2D eigenvalue weighted by Crippen LogP contribution is -2.58. The molecular formula is C39H48N6O4Si. The molecule has 0 unspecified atom stereocenters. The van der Waals surface area contributed by atoms with Gasteiger partial charge in [0.05, 0.1) is 24.0 Å². The number of anilines is 1. The van der Waals surface area contributed by atoms with Crippen LogP contribution >= 0.6 is 0 Å². The Morgan fingerprint density at radius 1 is 0.920 bits per heavy atom. The number of nitrogens with one attached hydrogen (secondary N) is 3. The van der Waals surface area contributed by atoms with E-state index in [0.29, 0.717) is 5.65 Å². The number of amides is 1. The molecule has 0 radical (unpaired) electrons. The molecule has 11 heteroatoms. The smallest absolute Gasteiger partial charge is 0.280 e.